The number of hydrogen-bond donors (Lipinski definition) is 1. The van der Waals surface area contributed by atoms with Gasteiger partial charge in [-0.05, 0) is 31.4 Å². The Morgan fingerprint density at radius 1 is 1.43 bits per heavy atom. The normalized spacial score (nSPS) is 21.7. The zero-order valence-electron chi connectivity index (χ0n) is 8.08. The molecule has 0 atom stereocenters. The predicted octanol–water partition coefficient (Wildman–Crippen LogP) is 1.69. The zero-order chi connectivity index (χ0) is 9.54. The van der Waals surface area contributed by atoms with Crippen LogP contribution in [0.3, 0.4) is 0 Å². The fourth-order valence-corrected chi connectivity index (χ4v) is 3.14. The number of hydrogen-bond acceptors (Lipinski definition) is 2. The van der Waals surface area contributed by atoms with Gasteiger partial charge in [0, 0.05) is 17.0 Å². The molecule has 1 fully saturated rings. The summed E-state index contributed by atoms with van der Waals surface area (Å²) in [6, 6.07) is 0.470. The fraction of sp³-hybridized carbons (Fsp3) is 0.700. The average Bonchev–Trinajstić information content (AvgIpc) is 2.43. The third-order valence-electron chi connectivity index (χ3n) is 3.28. The molecule has 2 aliphatic rings. The Morgan fingerprint density at radius 3 is 2.93 bits per heavy atom. The Morgan fingerprint density at radius 2 is 2.29 bits per heavy atom. The van der Waals surface area contributed by atoms with E-state index in [4.69, 9.17) is 0 Å². The van der Waals surface area contributed by atoms with Crippen molar-refractivity contribution < 1.29 is 0 Å². The number of aryl methyl sites for hydroxylation is 1. The lowest BCUT2D eigenvalue weighted by molar-refractivity contribution is 0.282. The van der Waals surface area contributed by atoms with E-state index in [1.54, 1.807) is 0 Å². The molecule has 0 saturated heterocycles. The molecule has 1 aliphatic heterocycles. The van der Waals surface area contributed by atoms with Gasteiger partial charge >= 0.3 is 0 Å². The van der Waals surface area contributed by atoms with Crippen LogP contribution in [0.1, 0.15) is 36.6 Å². The Kier molecular flexibility index (Phi) is 1.97. The van der Waals surface area contributed by atoms with Crippen LogP contribution in [0.5, 0.6) is 0 Å². The van der Waals surface area contributed by atoms with Crippen LogP contribution in [0, 0.1) is 0 Å². The quantitative estimate of drug-likeness (QED) is 0.766. The van der Waals surface area contributed by atoms with Crippen LogP contribution in [0.4, 0.5) is 0 Å². The lowest BCUT2D eigenvalue weighted by atomic mass is 9.93. The van der Waals surface area contributed by atoms with Crippen molar-refractivity contribution >= 4 is 11.8 Å². The Balaban J connectivity index is 2.04. The number of aromatic nitrogens is 2. The number of H-pyrrole nitrogens is 1. The van der Waals surface area contributed by atoms with E-state index in [0.29, 0.717) is 6.04 Å². The highest BCUT2D eigenvalue weighted by Crippen LogP contribution is 2.31. The Labute approximate surface area is 86.9 Å². The second kappa shape index (κ2) is 3.19. The second-order valence-electron chi connectivity index (χ2n) is 4.13. The molecule has 1 aliphatic carbocycles. The highest BCUT2D eigenvalue weighted by atomic mass is 32.2. The maximum atomic E-state index is 12.0. The maximum Gasteiger partial charge on any atom is 0.271 e. The summed E-state index contributed by atoms with van der Waals surface area (Å²) in [6.45, 7) is 0. The van der Waals surface area contributed by atoms with E-state index in [1.807, 2.05) is 16.4 Å². The first-order chi connectivity index (χ1) is 6.86. The molecule has 14 heavy (non-hydrogen) atoms. The topological polar surface area (TPSA) is 37.8 Å². The van der Waals surface area contributed by atoms with E-state index in [2.05, 4.69) is 5.10 Å². The first-order valence-corrected chi connectivity index (χ1v) is 6.42. The molecule has 0 spiro atoms. The third kappa shape index (κ3) is 1.16. The second-order valence-corrected chi connectivity index (χ2v) is 5.24. The summed E-state index contributed by atoms with van der Waals surface area (Å²) in [5, 5.41) is 3.29. The standard InChI is InChI=1S/C10H14N2OS/c13-10-8-6-14-5-4-9(8)11-12(10)7-2-1-3-7/h7,11H,1-6H2. The van der Waals surface area contributed by atoms with E-state index in [0.717, 1.165) is 23.5 Å². The van der Waals surface area contributed by atoms with Gasteiger partial charge in [-0.3, -0.25) is 9.89 Å². The minimum Gasteiger partial charge on any atom is -0.299 e. The summed E-state index contributed by atoms with van der Waals surface area (Å²) in [7, 11) is 0. The van der Waals surface area contributed by atoms with Gasteiger partial charge in [0.25, 0.3) is 5.56 Å². The number of fused-ring (bicyclic) bond motifs is 1. The van der Waals surface area contributed by atoms with Crippen LogP contribution >= 0.6 is 11.8 Å². The molecule has 0 aromatic carbocycles. The number of thioether (sulfide) groups is 1. The molecule has 0 unspecified atom stereocenters. The van der Waals surface area contributed by atoms with Gasteiger partial charge in [0.2, 0.25) is 0 Å². The van der Waals surface area contributed by atoms with Crippen LogP contribution in [-0.4, -0.2) is 15.5 Å². The first kappa shape index (κ1) is 8.65. The molecule has 0 radical (unpaired) electrons. The molecule has 1 aromatic heterocycles. The van der Waals surface area contributed by atoms with E-state index in [1.165, 1.54) is 25.0 Å². The van der Waals surface area contributed by atoms with Gasteiger partial charge in [0.15, 0.2) is 0 Å². The minimum absolute atomic E-state index is 0.247. The van der Waals surface area contributed by atoms with Crippen LogP contribution in [0.2, 0.25) is 0 Å². The molecule has 0 amide bonds. The third-order valence-corrected chi connectivity index (χ3v) is 4.26. The molecular formula is C10H14N2OS. The molecule has 1 saturated carbocycles. The minimum atomic E-state index is 0.247. The zero-order valence-corrected chi connectivity index (χ0v) is 8.90. The van der Waals surface area contributed by atoms with Crippen LogP contribution in [-0.2, 0) is 12.2 Å². The summed E-state index contributed by atoms with van der Waals surface area (Å²) in [4.78, 5) is 12.0. The van der Waals surface area contributed by atoms with Crippen molar-refractivity contribution in [2.75, 3.05) is 5.75 Å². The molecule has 76 valence electrons. The van der Waals surface area contributed by atoms with Gasteiger partial charge < -0.3 is 0 Å². The smallest absolute Gasteiger partial charge is 0.271 e. The highest BCUT2D eigenvalue weighted by Gasteiger charge is 2.25. The van der Waals surface area contributed by atoms with E-state index >= 15 is 0 Å². The summed E-state index contributed by atoms with van der Waals surface area (Å²) in [5.41, 5.74) is 2.48. The molecule has 4 heteroatoms. The van der Waals surface area contributed by atoms with Crippen molar-refractivity contribution in [2.24, 2.45) is 0 Å². The molecular weight excluding hydrogens is 196 g/mol. The molecule has 3 rings (SSSR count). The van der Waals surface area contributed by atoms with Crippen molar-refractivity contribution in [3.63, 3.8) is 0 Å². The predicted molar refractivity (Wildman–Crippen MR) is 57.8 cm³/mol. The van der Waals surface area contributed by atoms with E-state index < -0.39 is 0 Å². The highest BCUT2D eigenvalue weighted by molar-refractivity contribution is 7.98. The summed E-state index contributed by atoms with van der Waals surface area (Å²) in [6.07, 6.45) is 4.66. The number of nitrogens with one attached hydrogen (secondary N) is 1. The summed E-state index contributed by atoms with van der Waals surface area (Å²) < 4.78 is 1.88. The molecule has 3 nitrogen and oxygen atoms in total. The van der Waals surface area contributed by atoms with Gasteiger partial charge in [-0.15, -0.1) is 0 Å². The lowest BCUT2D eigenvalue weighted by Gasteiger charge is -2.25. The van der Waals surface area contributed by atoms with Gasteiger partial charge in [0.05, 0.1) is 6.04 Å². The Bertz CT molecular complexity index is 403. The largest absolute Gasteiger partial charge is 0.299 e. The van der Waals surface area contributed by atoms with Crippen molar-refractivity contribution in [3.05, 3.63) is 21.6 Å². The Hall–Kier alpha value is -0.640. The van der Waals surface area contributed by atoms with Gasteiger partial charge in [-0.2, -0.15) is 11.8 Å². The van der Waals surface area contributed by atoms with Crippen molar-refractivity contribution in [1.29, 1.82) is 0 Å². The summed E-state index contributed by atoms with van der Waals surface area (Å²) >= 11 is 1.87. The number of nitrogens with zero attached hydrogens (tertiary/aromatic N) is 1. The number of aromatic amines is 1. The average molecular weight is 210 g/mol. The number of rotatable bonds is 1. The fourth-order valence-electron chi connectivity index (χ4n) is 2.14. The first-order valence-electron chi connectivity index (χ1n) is 5.26. The van der Waals surface area contributed by atoms with Crippen LogP contribution in [0.15, 0.2) is 4.79 Å². The van der Waals surface area contributed by atoms with E-state index in [-0.39, 0.29) is 5.56 Å². The monoisotopic (exact) mass is 210 g/mol. The SMILES string of the molecule is O=c1c2c([nH]n1C1CCC1)CCSC2. The molecule has 2 heterocycles. The van der Waals surface area contributed by atoms with Gasteiger partial charge in [-0.1, -0.05) is 0 Å². The molecule has 0 bridgehead atoms. The van der Waals surface area contributed by atoms with Gasteiger partial charge in [0.1, 0.15) is 0 Å². The molecule has 1 N–H and O–H groups in total. The molecule has 1 aromatic rings. The summed E-state index contributed by atoms with van der Waals surface area (Å²) in [5.74, 6) is 2.06. The van der Waals surface area contributed by atoms with Crippen molar-refractivity contribution in [3.8, 4) is 0 Å². The van der Waals surface area contributed by atoms with E-state index in [9.17, 15) is 4.79 Å². The maximum absolute atomic E-state index is 12.0. The van der Waals surface area contributed by atoms with Crippen LogP contribution in [0.25, 0.3) is 0 Å². The van der Waals surface area contributed by atoms with Crippen molar-refractivity contribution in [1.82, 2.24) is 9.78 Å². The van der Waals surface area contributed by atoms with Crippen LogP contribution < -0.4 is 5.56 Å². The lowest BCUT2D eigenvalue weighted by Crippen LogP contribution is -2.28. The van der Waals surface area contributed by atoms with Crippen molar-refractivity contribution in [2.45, 2.75) is 37.5 Å². The van der Waals surface area contributed by atoms with Gasteiger partial charge in [-0.25, -0.2) is 4.68 Å².